The largest absolute Gasteiger partial charge is 0.394 e. The highest BCUT2D eigenvalue weighted by atomic mass is 16.3. The smallest absolute Gasteiger partial charge is 0.0965 e. The summed E-state index contributed by atoms with van der Waals surface area (Å²) < 4.78 is 1.65. The van der Waals surface area contributed by atoms with E-state index in [2.05, 4.69) is 53.7 Å². The first-order valence-electron chi connectivity index (χ1n) is 6.49. The lowest BCUT2D eigenvalue weighted by Crippen LogP contribution is -2.18. The summed E-state index contributed by atoms with van der Waals surface area (Å²) in [6.07, 6.45) is 1.85. The molecule has 2 aromatic rings. The summed E-state index contributed by atoms with van der Waals surface area (Å²) in [6.45, 7) is 5.46. The van der Waals surface area contributed by atoms with Crippen LogP contribution in [0.25, 0.3) is 0 Å². The lowest BCUT2D eigenvalue weighted by Gasteiger charge is -2.13. The minimum atomic E-state index is 0.0793. The second-order valence-electron chi connectivity index (χ2n) is 4.71. The van der Waals surface area contributed by atoms with Crippen molar-refractivity contribution < 1.29 is 5.11 Å². The molecule has 0 aliphatic rings. The third-order valence-electron chi connectivity index (χ3n) is 3.05. The Hall–Kier alpha value is -1.72. The summed E-state index contributed by atoms with van der Waals surface area (Å²) in [5.41, 5.74) is 3.41. The Balaban J connectivity index is 1.90. The molecule has 0 unspecified atom stereocenters. The van der Waals surface area contributed by atoms with Crippen molar-refractivity contribution >= 4 is 0 Å². The van der Waals surface area contributed by atoms with Crippen molar-refractivity contribution in [3.05, 3.63) is 47.3 Å². The molecule has 1 heterocycles. The highest BCUT2D eigenvalue weighted by molar-refractivity contribution is 5.24. The van der Waals surface area contributed by atoms with Crippen molar-refractivity contribution in [2.45, 2.75) is 33.0 Å². The molecule has 0 fully saturated rings. The zero-order valence-corrected chi connectivity index (χ0v) is 11.4. The standard InChI is InChI=1S/C14H20N4O/c1-11-4-3-5-13(8-11)12(2)15-9-14-10-18(6-7-19)17-16-14/h3-5,8,10,12,15,19H,6-7,9H2,1-2H3/t12-/m0/s1. The van der Waals surface area contributed by atoms with Gasteiger partial charge in [0.25, 0.3) is 0 Å². The van der Waals surface area contributed by atoms with E-state index in [4.69, 9.17) is 5.11 Å². The van der Waals surface area contributed by atoms with Gasteiger partial charge < -0.3 is 10.4 Å². The van der Waals surface area contributed by atoms with Crippen LogP contribution in [0.15, 0.2) is 30.5 Å². The Bertz CT molecular complexity index is 524. The molecule has 1 aromatic heterocycles. The number of nitrogens with one attached hydrogen (secondary N) is 1. The number of aliphatic hydroxyl groups is 1. The molecule has 102 valence electrons. The average Bonchev–Trinajstić information content (AvgIpc) is 2.84. The van der Waals surface area contributed by atoms with Gasteiger partial charge in [0.1, 0.15) is 0 Å². The summed E-state index contributed by atoms with van der Waals surface area (Å²) in [5, 5.41) is 20.2. The van der Waals surface area contributed by atoms with Crippen molar-refractivity contribution in [2.75, 3.05) is 6.61 Å². The second-order valence-corrected chi connectivity index (χ2v) is 4.71. The zero-order valence-electron chi connectivity index (χ0n) is 11.4. The fourth-order valence-corrected chi connectivity index (χ4v) is 1.95. The number of hydrogen-bond acceptors (Lipinski definition) is 4. The number of rotatable bonds is 6. The van der Waals surface area contributed by atoms with E-state index in [-0.39, 0.29) is 12.6 Å². The Kier molecular flexibility index (Phi) is 4.65. The van der Waals surface area contributed by atoms with Crippen LogP contribution in [0, 0.1) is 6.92 Å². The van der Waals surface area contributed by atoms with Gasteiger partial charge in [0.05, 0.1) is 18.8 Å². The molecule has 19 heavy (non-hydrogen) atoms. The van der Waals surface area contributed by atoms with E-state index in [0.29, 0.717) is 13.1 Å². The average molecular weight is 260 g/mol. The van der Waals surface area contributed by atoms with Crippen molar-refractivity contribution in [3.63, 3.8) is 0 Å². The van der Waals surface area contributed by atoms with E-state index >= 15 is 0 Å². The molecule has 0 amide bonds. The molecule has 1 atom stereocenters. The number of nitrogens with zero attached hydrogens (tertiary/aromatic N) is 3. The molecule has 5 nitrogen and oxygen atoms in total. The highest BCUT2D eigenvalue weighted by Crippen LogP contribution is 2.14. The van der Waals surface area contributed by atoms with Crippen molar-refractivity contribution in [3.8, 4) is 0 Å². The zero-order chi connectivity index (χ0) is 13.7. The van der Waals surface area contributed by atoms with E-state index in [1.165, 1.54) is 11.1 Å². The van der Waals surface area contributed by atoms with E-state index in [9.17, 15) is 0 Å². The quantitative estimate of drug-likeness (QED) is 0.824. The van der Waals surface area contributed by atoms with Gasteiger partial charge in [-0.2, -0.15) is 0 Å². The fourth-order valence-electron chi connectivity index (χ4n) is 1.95. The summed E-state index contributed by atoms with van der Waals surface area (Å²) in [6, 6.07) is 8.73. The molecule has 5 heteroatoms. The Morgan fingerprint density at radius 1 is 1.42 bits per heavy atom. The molecular formula is C14H20N4O. The molecule has 0 saturated carbocycles. The molecule has 2 rings (SSSR count). The van der Waals surface area contributed by atoms with E-state index in [1.807, 2.05) is 6.20 Å². The highest BCUT2D eigenvalue weighted by Gasteiger charge is 2.06. The minimum absolute atomic E-state index is 0.0793. The lowest BCUT2D eigenvalue weighted by atomic mass is 10.1. The fraction of sp³-hybridized carbons (Fsp3) is 0.429. The van der Waals surface area contributed by atoms with Gasteiger partial charge in [0.2, 0.25) is 0 Å². The van der Waals surface area contributed by atoms with E-state index in [0.717, 1.165) is 5.69 Å². The van der Waals surface area contributed by atoms with E-state index < -0.39 is 0 Å². The molecule has 2 N–H and O–H groups in total. The Morgan fingerprint density at radius 2 is 2.26 bits per heavy atom. The SMILES string of the molecule is Cc1cccc([C@H](C)NCc2cn(CCO)nn2)c1. The summed E-state index contributed by atoms with van der Waals surface area (Å²) in [5.74, 6) is 0. The van der Waals surface area contributed by atoms with Crippen molar-refractivity contribution in [2.24, 2.45) is 0 Å². The molecular weight excluding hydrogens is 240 g/mol. The molecule has 0 radical (unpaired) electrons. The van der Waals surface area contributed by atoms with Crippen LogP contribution in [0.3, 0.4) is 0 Å². The number of aliphatic hydroxyl groups excluding tert-OH is 1. The Labute approximate surface area is 113 Å². The van der Waals surface area contributed by atoms with Crippen LogP contribution in [0.5, 0.6) is 0 Å². The van der Waals surface area contributed by atoms with Crippen LogP contribution in [0.4, 0.5) is 0 Å². The molecule has 0 saturated heterocycles. The summed E-state index contributed by atoms with van der Waals surface area (Å²) >= 11 is 0. The normalized spacial score (nSPS) is 12.6. The number of hydrogen-bond donors (Lipinski definition) is 2. The van der Waals surface area contributed by atoms with Gasteiger partial charge in [-0.25, -0.2) is 4.68 Å². The maximum absolute atomic E-state index is 8.82. The number of aryl methyl sites for hydroxylation is 1. The maximum atomic E-state index is 8.82. The molecule has 0 spiro atoms. The molecule has 0 bridgehead atoms. The monoisotopic (exact) mass is 260 g/mol. The van der Waals surface area contributed by atoms with Gasteiger partial charge in [-0.1, -0.05) is 35.0 Å². The minimum Gasteiger partial charge on any atom is -0.394 e. The van der Waals surface area contributed by atoms with Crippen LogP contribution >= 0.6 is 0 Å². The van der Waals surface area contributed by atoms with Gasteiger partial charge in [-0.3, -0.25) is 0 Å². The first-order valence-corrected chi connectivity index (χ1v) is 6.49. The van der Waals surface area contributed by atoms with Crippen LogP contribution < -0.4 is 5.32 Å². The van der Waals surface area contributed by atoms with Gasteiger partial charge in [0, 0.05) is 18.8 Å². The van der Waals surface area contributed by atoms with Crippen molar-refractivity contribution in [1.82, 2.24) is 20.3 Å². The van der Waals surface area contributed by atoms with Crippen LogP contribution in [0.1, 0.15) is 29.8 Å². The third-order valence-corrected chi connectivity index (χ3v) is 3.05. The molecule has 0 aliphatic carbocycles. The van der Waals surface area contributed by atoms with Gasteiger partial charge in [0.15, 0.2) is 0 Å². The van der Waals surface area contributed by atoms with Crippen LogP contribution in [-0.4, -0.2) is 26.7 Å². The first kappa shape index (κ1) is 13.7. The van der Waals surface area contributed by atoms with Crippen LogP contribution in [-0.2, 0) is 13.1 Å². The Morgan fingerprint density at radius 3 is 3.00 bits per heavy atom. The van der Waals surface area contributed by atoms with E-state index in [1.54, 1.807) is 4.68 Å². The maximum Gasteiger partial charge on any atom is 0.0965 e. The van der Waals surface area contributed by atoms with Gasteiger partial charge in [-0.05, 0) is 19.4 Å². The molecule has 1 aromatic carbocycles. The predicted molar refractivity (Wildman–Crippen MR) is 73.5 cm³/mol. The van der Waals surface area contributed by atoms with Gasteiger partial charge in [-0.15, -0.1) is 5.10 Å². The first-order chi connectivity index (χ1) is 9.19. The summed E-state index contributed by atoms with van der Waals surface area (Å²) in [7, 11) is 0. The predicted octanol–water partition coefficient (Wildman–Crippen LogP) is 1.43. The number of benzene rings is 1. The van der Waals surface area contributed by atoms with Crippen LogP contribution in [0.2, 0.25) is 0 Å². The van der Waals surface area contributed by atoms with Crippen molar-refractivity contribution in [1.29, 1.82) is 0 Å². The number of aromatic nitrogens is 3. The third kappa shape index (κ3) is 3.87. The van der Waals surface area contributed by atoms with Gasteiger partial charge >= 0.3 is 0 Å². The topological polar surface area (TPSA) is 63.0 Å². The second kappa shape index (κ2) is 6.45. The lowest BCUT2D eigenvalue weighted by molar-refractivity contribution is 0.268. The molecule has 0 aliphatic heterocycles. The summed E-state index contributed by atoms with van der Waals surface area (Å²) in [4.78, 5) is 0.